The second-order valence-corrected chi connectivity index (χ2v) is 8.32. The summed E-state index contributed by atoms with van der Waals surface area (Å²) < 4.78 is 0. The van der Waals surface area contributed by atoms with E-state index in [2.05, 4.69) is 29.6 Å². The molecule has 7 heteroatoms. The summed E-state index contributed by atoms with van der Waals surface area (Å²) in [5, 5.41) is 23.1. The summed E-state index contributed by atoms with van der Waals surface area (Å²) >= 11 is 0. The van der Waals surface area contributed by atoms with Crippen LogP contribution in [0, 0.1) is 0 Å². The molecular formula is C27H34Cl2N2O3. The lowest BCUT2D eigenvalue weighted by Gasteiger charge is -2.26. The first-order valence-corrected chi connectivity index (χ1v) is 11.0. The largest absolute Gasteiger partial charge is 0.478 e. The Hall–Kier alpha value is -2.57. The van der Waals surface area contributed by atoms with Gasteiger partial charge in [0, 0.05) is 19.6 Å². The molecule has 3 aromatic carbocycles. The van der Waals surface area contributed by atoms with Crippen LogP contribution in [0.5, 0.6) is 0 Å². The zero-order valence-corrected chi connectivity index (χ0v) is 21.4. The highest BCUT2D eigenvalue weighted by Gasteiger charge is 2.16. The van der Waals surface area contributed by atoms with E-state index < -0.39 is 12.1 Å². The molecule has 0 aliphatic heterocycles. The average molecular weight is 505 g/mol. The fraction of sp³-hybridized carbons (Fsp3) is 0.296. The van der Waals surface area contributed by atoms with Gasteiger partial charge in [0.25, 0.3) is 0 Å². The van der Waals surface area contributed by atoms with Crippen LogP contribution in [0.15, 0.2) is 72.8 Å². The quantitative estimate of drug-likeness (QED) is 0.313. The van der Waals surface area contributed by atoms with E-state index in [1.165, 1.54) is 5.56 Å². The smallest absolute Gasteiger partial charge is 0.337 e. The van der Waals surface area contributed by atoms with Crippen molar-refractivity contribution in [1.29, 1.82) is 0 Å². The van der Waals surface area contributed by atoms with Crippen molar-refractivity contribution in [3.8, 4) is 11.1 Å². The van der Waals surface area contributed by atoms with Gasteiger partial charge < -0.3 is 20.4 Å². The SMILES string of the molecule is CC(C)N(C)c1cc(-c2ccc(CCNC[C@H](O)c3ccccc3)cc2)ccc1C(=O)O.Cl.Cl. The monoisotopic (exact) mass is 504 g/mol. The zero-order chi connectivity index (χ0) is 23.1. The molecule has 1 atom stereocenters. The number of aliphatic hydroxyl groups is 1. The third-order valence-electron chi connectivity index (χ3n) is 5.78. The number of aliphatic hydroxyl groups excluding tert-OH is 1. The predicted molar refractivity (Wildman–Crippen MR) is 145 cm³/mol. The first-order valence-electron chi connectivity index (χ1n) is 11.0. The van der Waals surface area contributed by atoms with E-state index in [9.17, 15) is 15.0 Å². The number of aromatic carboxylic acids is 1. The molecule has 0 radical (unpaired) electrons. The molecule has 0 saturated carbocycles. The lowest BCUT2D eigenvalue weighted by molar-refractivity contribution is 0.0697. The number of anilines is 1. The highest BCUT2D eigenvalue weighted by atomic mass is 35.5. The number of nitrogens with one attached hydrogen (secondary N) is 1. The van der Waals surface area contributed by atoms with Gasteiger partial charge in [-0.3, -0.25) is 0 Å². The van der Waals surface area contributed by atoms with E-state index in [1.54, 1.807) is 6.07 Å². The van der Waals surface area contributed by atoms with Crippen molar-refractivity contribution in [2.24, 2.45) is 0 Å². The van der Waals surface area contributed by atoms with Gasteiger partial charge in [0.2, 0.25) is 0 Å². The van der Waals surface area contributed by atoms with Crippen molar-refractivity contribution < 1.29 is 15.0 Å². The minimum absolute atomic E-state index is 0. The molecule has 0 saturated heterocycles. The van der Waals surface area contributed by atoms with Crippen LogP contribution in [0.4, 0.5) is 5.69 Å². The van der Waals surface area contributed by atoms with Crippen molar-refractivity contribution in [3.05, 3.63) is 89.5 Å². The maximum absolute atomic E-state index is 11.6. The third-order valence-corrected chi connectivity index (χ3v) is 5.78. The van der Waals surface area contributed by atoms with Crippen molar-refractivity contribution >= 4 is 36.5 Å². The van der Waals surface area contributed by atoms with E-state index in [0.717, 1.165) is 35.3 Å². The molecule has 3 rings (SSSR count). The van der Waals surface area contributed by atoms with Crippen molar-refractivity contribution in [3.63, 3.8) is 0 Å². The van der Waals surface area contributed by atoms with Gasteiger partial charge >= 0.3 is 5.97 Å². The van der Waals surface area contributed by atoms with Gasteiger partial charge in [-0.25, -0.2) is 4.79 Å². The number of rotatable bonds is 10. The molecule has 0 spiro atoms. The molecule has 0 unspecified atom stereocenters. The molecule has 0 amide bonds. The molecular weight excluding hydrogens is 471 g/mol. The van der Waals surface area contributed by atoms with Crippen molar-refractivity contribution in [2.45, 2.75) is 32.4 Å². The predicted octanol–water partition coefficient (Wildman–Crippen LogP) is 5.61. The van der Waals surface area contributed by atoms with Crippen LogP contribution in [0.3, 0.4) is 0 Å². The summed E-state index contributed by atoms with van der Waals surface area (Å²) in [4.78, 5) is 13.6. The van der Waals surface area contributed by atoms with Gasteiger partial charge in [-0.2, -0.15) is 0 Å². The lowest BCUT2D eigenvalue weighted by Crippen LogP contribution is -2.27. The average Bonchev–Trinajstić information content (AvgIpc) is 2.81. The number of hydrogen-bond donors (Lipinski definition) is 3. The van der Waals surface area contributed by atoms with Gasteiger partial charge in [0.05, 0.1) is 17.4 Å². The van der Waals surface area contributed by atoms with E-state index in [4.69, 9.17) is 0 Å². The molecule has 0 heterocycles. The Kier molecular flexibility index (Phi) is 12.1. The summed E-state index contributed by atoms with van der Waals surface area (Å²) in [6, 6.07) is 23.7. The van der Waals surface area contributed by atoms with E-state index >= 15 is 0 Å². The van der Waals surface area contributed by atoms with Crippen LogP contribution < -0.4 is 10.2 Å². The number of benzene rings is 3. The zero-order valence-electron chi connectivity index (χ0n) is 19.8. The van der Waals surface area contributed by atoms with E-state index in [-0.39, 0.29) is 30.9 Å². The number of halogens is 2. The summed E-state index contributed by atoms with van der Waals surface area (Å²) in [6.45, 7) is 5.38. The van der Waals surface area contributed by atoms with Crippen LogP contribution in [0.25, 0.3) is 11.1 Å². The molecule has 34 heavy (non-hydrogen) atoms. The molecule has 184 valence electrons. The molecule has 0 aromatic heterocycles. The number of carboxylic acid groups (broad SMARTS) is 1. The molecule has 3 aromatic rings. The Morgan fingerprint density at radius 2 is 1.56 bits per heavy atom. The molecule has 0 aliphatic rings. The van der Waals surface area contributed by atoms with E-state index in [0.29, 0.717) is 12.1 Å². The van der Waals surface area contributed by atoms with Gasteiger partial charge in [-0.1, -0.05) is 60.7 Å². The summed E-state index contributed by atoms with van der Waals surface area (Å²) in [5.41, 5.74) is 5.20. The lowest BCUT2D eigenvalue weighted by atomic mass is 9.99. The van der Waals surface area contributed by atoms with Crippen molar-refractivity contribution in [1.82, 2.24) is 5.32 Å². The van der Waals surface area contributed by atoms with Gasteiger partial charge in [0.15, 0.2) is 0 Å². The van der Waals surface area contributed by atoms with Crippen LogP contribution in [-0.2, 0) is 6.42 Å². The normalized spacial score (nSPS) is 11.3. The van der Waals surface area contributed by atoms with E-state index in [1.807, 2.05) is 68.3 Å². The summed E-state index contributed by atoms with van der Waals surface area (Å²) in [5.74, 6) is -0.917. The van der Waals surface area contributed by atoms with Crippen molar-refractivity contribution in [2.75, 3.05) is 25.0 Å². The Morgan fingerprint density at radius 3 is 2.15 bits per heavy atom. The highest BCUT2D eigenvalue weighted by molar-refractivity contribution is 5.95. The number of hydrogen-bond acceptors (Lipinski definition) is 4. The van der Waals surface area contributed by atoms with Crippen LogP contribution in [-0.4, -0.2) is 42.4 Å². The Balaban J connectivity index is 0.00000289. The van der Waals surface area contributed by atoms with Crippen LogP contribution in [0.1, 0.15) is 41.4 Å². The van der Waals surface area contributed by atoms with Crippen LogP contribution in [0.2, 0.25) is 0 Å². The molecule has 0 aliphatic carbocycles. The number of nitrogens with zero attached hydrogens (tertiary/aromatic N) is 1. The van der Waals surface area contributed by atoms with Gasteiger partial charge in [0.1, 0.15) is 0 Å². The van der Waals surface area contributed by atoms with Gasteiger partial charge in [-0.15, -0.1) is 24.8 Å². The fourth-order valence-electron chi connectivity index (χ4n) is 3.59. The summed E-state index contributed by atoms with van der Waals surface area (Å²) in [7, 11) is 1.92. The van der Waals surface area contributed by atoms with Crippen LogP contribution >= 0.6 is 24.8 Å². The minimum atomic E-state index is -0.917. The first-order chi connectivity index (χ1) is 15.4. The third kappa shape index (κ3) is 7.74. The maximum Gasteiger partial charge on any atom is 0.337 e. The number of carboxylic acids is 1. The topological polar surface area (TPSA) is 72.8 Å². The second kappa shape index (κ2) is 14.0. The number of carbonyl (C=O) groups is 1. The van der Waals surface area contributed by atoms with Gasteiger partial charge in [-0.05, 0) is 61.2 Å². The highest BCUT2D eigenvalue weighted by Crippen LogP contribution is 2.29. The molecule has 0 fully saturated rings. The summed E-state index contributed by atoms with van der Waals surface area (Å²) in [6.07, 6.45) is 0.353. The maximum atomic E-state index is 11.6. The molecule has 3 N–H and O–H groups in total. The standard InChI is InChI=1S/C27H32N2O3.2ClH/c1-19(2)29(3)25-17-23(13-14-24(25)27(31)32)21-11-9-20(10-12-21)15-16-28-18-26(30)22-7-5-4-6-8-22;;/h4-14,17,19,26,28,30H,15-16,18H2,1-3H3,(H,31,32);2*1H/t26-;;/m0../s1. The molecule has 5 nitrogen and oxygen atoms in total. The first kappa shape index (κ1) is 29.5. The fourth-order valence-corrected chi connectivity index (χ4v) is 3.59. The Labute approximate surface area is 214 Å². The Bertz CT molecular complexity index is 1030. The molecule has 0 bridgehead atoms. The Morgan fingerprint density at radius 1 is 0.941 bits per heavy atom. The minimum Gasteiger partial charge on any atom is -0.478 e. The second-order valence-electron chi connectivity index (χ2n) is 8.32.